The number of methoxy groups -OCH3 is 2. The summed E-state index contributed by atoms with van der Waals surface area (Å²) in [6.45, 7) is 6.61. The zero-order valence-corrected chi connectivity index (χ0v) is 12.5. The Bertz CT molecular complexity index is 253. The van der Waals surface area contributed by atoms with Crippen molar-refractivity contribution in [1.82, 2.24) is 10.2 Å². The van der Waals surface area contributed by atoms with Crippen LogP contribution in [0.5, 0.6) is 0 Å². The smallest absolute Gasteiger partial charge is 0.324 e. The van der Waals surface area contributed by atoms with Crippen molar-refractivity contribution in [2.75, 3.05) is 47.0 Å². The summed E-state index contributed by atoms with van der Waals surface area (Å²) in [6, 6.07) is -0.205. The van der Waals surface area contributed by atoms with E-state index in [1.54, 1.807) is 7.11 Å². The van der Waals surface area contributed by atoms with E-state index in [9.17, 15) is 4.79 Å². The van der Waals surface area contributed by atoms with Crippen LogP contribution in [-0.4, -0.2) is 63.9 Å². The van der Waals surface area contributed by atoms with E-state index in [0.29, 0.717) is 5.92 Å². The molecule has 0 aromatic rings. The lowest BCUT2D eigenvalue weighted by Crippen LogP contribution is -2.49. The van der Waals surface area contributed by atoms with Crippen LogP contribution in [0.25, 0.3) is 0 Å². The molecule has 0 aromatic heterocycles. The first-order valence-corrected chi connectivity index (χ1v) is 7.23. The molecule has 1 unspecified atom stereocenters. The highest BCUT2D eigenvalue weighted by molar-refractivity contribution is 5.75. The fraction of sp³-hybridized carbons (Fsp3) is 0.929. The fourth-order valence-electron chi connectivity index (χ4n) is 2.51. The minimum atomic E-state index is -0.205. The Hall–Kier alpha value is -0.650. The van der Waals surface area contributed by atoms with Gasteiger partial charge in [-0.15, -0.1) is 0 Å². The van der Waals surface area contributed by atoms with Crippen LogP contribution in [0.1, 0.15) is 26.2 Å². The molecule has 1 rings (SSSR count). The Morgan fingerprint density at radius 3 is 2.58 bits per heavy atom. The standard InChI is InChI=1S/C14H28N2O3/c1-4-7-15-13(14(17)19-3)10-16-8-5-12(6-9-16)11-18-2/h12-13,15H,4-11H2,1-3H3. The van der Waals surface area contributed by atoms with E-state index in [-0.39, 0.29) is 12.0 Å². The van der Waals surface area contributed by atoms with Crippen molar-refractivity contribution in [3.8, 4) is 0 Å². The zero-order valence-electron chi connectivity index (χ0n) is 12.5. The van der Waals surface area contributed by atoms with Crippen molar-refractivity contribution in [3.63, 3.8) is 0 Å². The van der Waals surface area contributed by atoms with Crippen LogP contribution in [0.4, 0.5) is 0 Å². The number of rotatable bonds is 8. The van der Waals surface area contributed by atoms with Crippen LogP contribution in [0.2, 0.25) is 0 Å². The minimum absolute atomic E-state index is 0.160. The van der Waals surface area contributed by atoms with Gasteiger partial charge in [0.15, 0.2) is 0 Å². The molecule has 1 atom stereocenters. The van der Waals surface area contributed by atoms with Crippen molar-refractivity contribution < 1.29 is 14.3 Å². The van der Waals surface area contributed by atoms with E-state index in [2.05, 4.69) is 17.1 Å². The second-order valence-electron chi connectivity index (χ2n) is 5.23. The highest BCUT2D eigenvalue weighted by Crippen LogP contribution is 2.17. The molecule has 1 aliphatic heterocycles. The molecule has 0 aliphatic carbocycles. The number of nitrogens with zero attached hydrogens (tertiary/aromatic N) is 1. The number of likely N-dealkylation sites (tertiary alicyclic amines) is 1. The maximum atomic E-state index is 11.7. The first kappa shape index (κ1) is 16.4. The third-order valence-corrected chi connectivity index (χ3v) is 3.68. The molecule has 0 radical (unpaired) electrons. The van der Waals surface area contributed by atoms with Crippen molar-refractivity contribution in [3.05, 3.63) is 0 Å². The number of hydrogen-bond acceptors (Lipinski definition) is 5. The Kier molecular flexibility index (Phi) is 8.02. The zero-order chi connectivity index (χ0) is 14.1. The second kappa shape index (κ2) is 9.28. The molecule has 5 nitrogen and oxygen atoms in total. The molecular weight excluding hydrogens is 244 g/mol. The average molecular weight is 272 g/mol. The number of ether oxygens (including phenoxy) is 2. The summed E-state index contributed by atoms with van der Waals surface area (Å²) >= 11 is 0. The number of esters is 1. The molecule has 0 amide bonds. The maximum Gasteiger partial charge on any atom is 0.324 e. The highest BCUT2D eigenvalue weighted by atomic mass is 16.5. The van der Waals surface area contributed by atoms with Gasteiger partial charge in [-0.25, -0.2) is 0 Å². The molecule has 0 saturated carbocycles. The van der Waals surface area contributed by atoms with Crippen LogP contribution in [0.3, 0.4) is 0 Å². The summed E-state index contributed by atoms with van der Waals surface area (Å²) in [5.41, 5.74) is 0. The molecule has 1 aliphatic rings. The van der Waals surface area contributed by atoms with Crippen LogP contribution in [0, 0.1) is 5.92 Å². The quantitative estimate of drug-likeness (QED) is 0.665. The van der Waals surface area contributed by atoms with Gasteiger partial charge in [0.1, 0.15) is 6.04 Å². The Morgan fingerprint density at radius 2 is 2.05 bits per heavy atom. The third kappa shape index (κ3) is 5.89. The van der Waals surface area contributed by atoms with Crippen LogP contribution in [0.15, 0.2) is 0 Å². The first-order chi connectivity index (χ1) is 9.21. The Balaban J connectivity index is 2.36. The Morgan fingerprint density at radius 1 is 1.37 bits per heavy atom. The maximum absolute atomic E-state index is 11.7. The van der Waals surface area contributed by atoms with Gasteiger partial charge in [-0.05, 0) is 44.8 Å². The first-order valence-electron chi connectivity index (χ1n) is 7.23. The summed E-state index contributed by atoms with van der Waals surface area (Å²) in [5.74, 6) is 0.508. The van der Waals surface area contributed by atoms with Gasteiger partial charge in [0.05, 0.1) is 7.11 Å². The van der Waals surface area contributed by atoms with Crippen molar-refractivity contribution in [1.29, 1.82) is 0 Å². The third-order valence-electron chi connectivity index (χ3n) is 3.68. The molecule has 1 N–H and O–H groups in total. The van der Waals surface area contributed by atoms with E-state index in [1.807, 2.05) is 0 Å². The van der Waals surface area contributed by atoms with Gasteiger partial charge in [0, 0.05) is 20.3 Å². The van der Waals surface area contributed by atoms with Crippen LogP contribution in [-0.2, 0) is 14.3 Å². The summed E-state index contributed by atoms with van der Waals surface area (Å²) < 4.78 is 10.1. The fourth-order valence-corrected chi connectivity index (χ4v) is 2.51. The lowest BCUT2D eigenvalue weighted by atomic mass is 9.97. The highest BCUT2D eigenvalue weighted by Gasteiger charge is 2.25. The molecular formula is C14H28N2O3. The molecule has 112 valence electrons. The van der Waals surface area contributed by atoms with E-state index >= 15 is 0 Å². The van der Waals surface area contributed by atoms with E-state index in [1.165, 1.54) is 7.11 Å². The van der Waals surface area contributed by atoms with Crippen LogP contribution < -0.4 is 5.32 Å². The number of nitrogens with one attached hydrogen (secondary N) is 1. The normalized spacial score (nSPS) is 19.3. The molecule has 0 spiro atoms. The van der Waals surface area contributed by atoms with Crippen molar-refractivity contribution in [2.24, 2.45) is 5.92 Å². The largest absolute Gasteiger partial charge is 0.468 e. The molecule has 1 heterocycles. The second-order valence-corrected chi connectivity index (χ2v) is 5.23. The number of piperidine rings is 1. The number of carbonyl (C=O) groups is 1. The average Bonchev–Trinajstić information content (AvgIpc) is 2.44. The van der Waals surface area contributed by atoms with E-state index in [4.69, 9.17) is 9.47 Å². The summed E-state index contributed by atoms with van der Waals surface area (Å²) in [7, 11) is 3.21. The van der Waals surface area contributed by atoms with Gasteiger partial charge in [0.2, 0.25) is 0 Å². The lowest BCUT2D eigenvalue weighted by Gasteiger charge is -2.33. The van der Waals surface area contributed by atoms with Gasteiger partial charge in [-0.1, -0.05) is 6.92 Å². The molecule has 5 heteroatoms. The summed E-state index contributed by atoms with van der Waals surface area (Å²) in [5, 5.41) is 3.26. The van der Waals surface area contributed by atoms with Gasteiger partial charge >= 0.3 is 5.97 Å². The van der Waals surface area contributed by atoms with Crippen molar-refractivity contribution in [2.45, 2.75) is 32.2 Å². The van der Waals surface area contributed by atoms with Gasteiger partial charge < -0.3 is 19.7 Å². The van der Waals surface area contributed by atoms with Gasteiger partial charge in [-0.3, -0.25) is 4.79 Å². The molecule has 1 fully saturated rings. The van der Waals surface area contributed by atoms with Gasteiger partial charge in [-0.2, -0.15) is 0 Å². The predicted octanol–water partition coefficient (Wildman–Crippen LogP) is 0.886. The van der Waals surface area contributed by atoms with E-state index < -0.39 is 0 Å². The summed E-state index contributed by atoms with van der Waals surface area (Å²) in [4.78, 5) is 14.1. The monoisotopic (exact) mass is 272 g/mol. The molecule has 19 heavy (non-hydrogen) atoms. The van der Waals surface area contributed by atoms with Crippen molar-refractivity contribution >= 4 is 5.97 Å². The molecule has 0 aromatic carbocycles. The SMILES string of the molecule is CCCNC(CN1CCC(COC)CC1)C(=O)OC. The minimum Gasteiger partial charge on any atom is -0.468 e. The molecule has 0 bridgehead atoms. The van der Waals surface area contributed by atoms with E-state index in [0.717, 1.165) is 52.0 Å². The Labute approximate surface area is 116 Å². The van der Waals surface area contributed by atoms with Crippen LogP contribution >= 0.6 is 0 Å². The van der Waals surface area contributed by atoms with Gasteiger partial charge in [0.25, 0.3) is 0 Å². The number of hydrogen-bond donors (Lipinski definition) is 1. The lowest BCUT2D eigenvalue weighted by molar-refractivity contribution is -0.143. The summed E-state index contributed by atoms with van der Waals surface area (Å²) in [6.07, 6.45) is 3.31. The topological polar surface area (TPSA) is 50.8 Å². The number of carbonyl (C=O) groups excluding carboxylic acids is 1. The molecule has 1 saturated heterocycles. The predicted molar refractivity (Wildman–Crippen MR) is 75.1 cm³/mol.